The van der Waals surface area contributed by atoms with Gasteiger partial charge in [0.05, 0.1) is 13.2 Å². The van der Waals surface area contributed by atoms with E-state index in [1.165, 1.54) is 12.1 Å². The molecule has 0 N–H and O–H groups in total. The van der Waals surface area contributed by atoms with Crippen molar-refractivity contribution in [1.82, 2.24) is 0 Å². The Morgan fingerprint density at radius 2 is 1.84 bits per heavy atom. The molecule has 2 aromatic carbocycles. The van der Waals surface area contributed by atoms with Gasteiger partial charge in [-0.25, -0.2) is 8.78 Å². The molecule has 1 heterocycles. The molecule has 7 heteroatoms. The average Bonchev–Trinajstić information content (AvgIpc) is 2.72. The summed E-state index contributed by atoms with van der Waals surface area (Å²) in [5.41, 5.74) is 1.63. The lowest BCUT2D eigenvalue weighted by Crippen LogP contribution is -2.36. The van der Waals surface area contributed by atoms with Crippen molar-refractivity contribution in [2.45, 2.75) is 39.5 Å². The molecule has 1 aliphatic rings. The van der Waals surface area contributed by atoms with Gasteiger partial charge in [0.15, 0.2) is 0 Å². The van der Waals surface area contributed by atoms with Gasteiger partial charge in [0.2, 0.25) is 0 Å². The molecule has 168 valence electrons. The molecule has 3 rings (SSSR count). The molecule has 1 saturated heterocycles. The van der Waals surface area contributed by atoms with E-state index in [4.69, 9.17) is 9.47 Å². The van der Waals surface area contributed by atoms with Gasteiger partial charge in [0.1, 0.15) is 23.1 Å². The molecule has 0 aliphatic carbocycles. The Bertz CT molecular complexity index is 891. The number of hydrogen-bond acceptors (Lipinski definition) is 4. The first-order valence-corrected chi connectivity index (χ1v) is 11.3. The van der Waals surface area contributed by atoms with Crippen molar-refractivity contribution in [2.24, 2.45) is 5.92 Å². The highest BCUT2D eigenvalue weighted by atomic mass is 31.0. The number of hydrogen-bond donors (Lipinski definition) is 0. The van der Waals surface area contributed by atoms with Crippen molar-refractivity contribution in [2.75, 3.05) is 31.2 Å². The molecule has 0 saturated carbocycles. The standard InChI is InChI=1S/C24H30F2NO3P/c1-3-29-23(28)7-4-18-14-19(31)5-6-22(18)30-15-17-8-10-27(11-9-17)24-20(25)12-16(2)13-21(24)26/h5-6,12-14,17H,3-4,7-11,15,31H2,1-2H3. The lowest BCUT2D eigenvalue weighted by atomic mass is 9.97. The highest BCUT2D eigenvalue weighted by Gasteiger charge is 2.24. The van der Waals surface area contributed by atoms with Crippen LogP contribution in [-0.2, 0) is 16.0 Å². The van der Waals surface area contributed by atoms with Gasteiger partial charge in [-0.1, -0.05) is 6.07 Å². The van der Waals surface area contributed by atoms with E-state index >= 15 is 0 Å². The molecule has 1 atom stereocenters. The smallest absolute Gasteiger partial charge is 0.306 e. The van der Waals surface area contributed by atoms with E-state index in [1.807, 2.05) is 18.2 Å². The van der Waals surface area contributed by atoms with E-state index in [2.05, 4.69) is 9.24 Å². The maximum absolute atomic E-state index is 14.3. The average molecular weight is 449 g/mol. The largest absolute Gasteiger partial charge is 0.493 e. The van der Waals surface area contributed by atoms with E-state index in [-0.39, 0.29) is 11.7 Å². The maximum Gasteiger partial charge on any atom is 0.306 e. The fourth-order valence-corrected chi connectivity index (χ4v) is 4.23. The summed E-state index contributed by atoms with van der Waals surface area (Å²) in [5, 5.41) is 1.03. The van der Waals surface area contributed by atoms with Gasteiger partial charge in [-0.05, 0) is 79.7 Å². The predicted octanol–water partition coefficient (Wildman–Crippen LogP) is 4.56. The quantitative estimate of drug-likeness (QED) is 0.437. The van der Waals surface area contributed by atoms with Crippen LogP contribution < -0.4 is 14.9 Å². The SMILES string of the molecule is CCOC(=O)CCc1cc(P)ccc1OCC1CCN(c2c(F)cc(C)cc2F)CC1. The summed E-state index contributed by atoms with van der Waals surface area (Å²) in [6, 6.07) is 8.64. The number of carbonyl (C=O) groups is 1. The molecule has 4 nitrogen and oxygen atoms in total. The summed E-state index contributed by atoms with van der Waals surface area (Å²) >= 11 is 0. The molecule has 0 radical (unpaired) electrons. The van der Waals surface area contributed by atoms with E-state index < -0.39 is 11.6 Å². The number of esters is 1. The number of carbonyl (C=O) groups excluding carboxylic acids is 1. The Hall–Kier alpha value is -2.20. The molecular formula is C24H30F2NO3P. The number of benzene rings is 2. The van der Waals surface area contributed by atoms with Crippen LogP contribution in [-0.4, -0.2) is 32.3 Å². The summed E-state index contributed by atoms with van der Waals surface area (Å²) in [4.78, 5) is 13.5. The molecular weight excluding hydrogens is 419 g/mol. The van der Waals surface area contributed by atoms with E-state index in [0.29, 0.717) is 50.6 Å². The molecule has 0 bridgehead atoms. The third-order valence-corrected chi connectivity index (χ3v) is 5.91. The normalized spacial score (nSPS) is 14.5. The topological polar surface area (TPSA) is 38.8 Å². The number of piperidine rings is 1. The van der Waals surface area contributed by atoms with Crippen LogP contribution in [0.1, 0.15) is 37.3 Å². The highest BCUT2D eigenvalue weighted by Crippen LogP contribution is 2.30. The minimum Gasteiger partial charge on any atom is -0.493 e. The van der Waals surface area contributed by atoms with Gasteiger partial charge < -0.3 is 14.4 Å². The van der Waals surface area contributed by atoms with Crippen LogP contribution in [0.4, 0.5) is 14.5 Å². The molecule has 1 fully saturated rings. The minimum absolute atomic E-state index is 0.0715. The van der Waals surface area contributed by atoms with Gasteiger partial charge in [-0.3, -0.25) is 4.79 Å². The molecule has 31 heavy (non-hydrogen) atoms. The second-order valence-corrected chi connectivity index (χ2v) is 8.66. The summed E-state index contributed by atoms with van der Waals surface area (Å²) in [6.07, 6.45) is 2.46. The Morgan fingerprint density at radius 1 is 1.16 bits per heavy atom. The van der Waals surface area contributed by atoms with Crippen molar-refractivity contribution in [3.05, 3.63) is 53.1 Å². The van der Waals surface area contributed by atoms with E-state index in [1.54, 1.807) is 18.7 Å². The lowest BCUT2D eigenvalue weighted by molar-refractivity contribution is -0.143. The van der Waals surface area contributed by atoms with Crippen LogP contribution in [0, 0.1) is 24.5 Å². The number of ether oxygens (including phenoxy) is 2. The fraction of sp³-hybridized carbons (Fsp3) is 0.458. The van der Waals surface area contributed by atoms with Gasteiger partial charge in [0.25, 0.3) is 0 Å². The van der Waals surface area contributed by atoms with Crippen LogP contribution in [0.5, 0.6) is 5.75 Å². The van der Waals surface area contributed by atoms with Crippen molar-refractivity contribution in [3.8, 4) is 5.75 Å². The molecule has 0 amide bonds. The number of aryl methyl sites for hydroxylation is 2. The molecule has 0 aromatic heterocycles. The van der Waals surface area contributed by atoms with Crippen molar-refractivity contribution in [1.29, 1.82) is 0 Å². The fourth-order valence-electron chi connectivity index (χ4n) is 3.93. The molecule has 0 spiro atoms. The maximum atomic E-state index is 14.3. The Morgan fingerprint density at radius 3 is 2.48 bits per heavy atom. The van der Waals surface area contributed by atoms with Crippen LogP contribution in [0.2, 0.25) is 0 Å². The Balaban J connectivity index is 1.56. The second kappa shape index (κ2) is 10.9. The van der Waals surface area contributed by atoms with Crippen molar-refractivity contribution < 1.29 is 23.0 Å². The Labute approximate surface area is 185 Å². The summed E-state index contributed by atoms with van der Waals surface area (Å²) in [7, 11) is 2.66. The van der Waals surface area contributed by atoms with Crippen molar-refractivity contribution >= 4 is 26.2 Å². The highest BCUT2D eigenvalue weighted by molar-refractivity contribution is 7.27. The van der Waals surface area contributed by atoms with Crippen LogP contribution in [0.25, 0.3) is 0 Å². The van der Waals surface area contributed by atoms with Crippen LogP contribution in [0.15, 0.2) is 30.3 Å². The van der Waals surface area contributed by atoms with Gasteiger partial charge in [-0.2, -0.15) is 0 Å². The van der Waals surface area contributed by atoms with E-state index in [0.717, 1.165) is 29.5 Å². The predicted molar refractivity (Wildman–Crippen MR) is 122 cm³/mol. The zero-order valence-corrected chi connectivity index (χ0v) is 19.3. The third kappa shape index (κ3) is 6.39. The first-order valence-electron chi connectivity index (χ1n) is 10.7. The summed E-state index contributed by atoms with van der Waals surface area (Å²) in [5.74, 6) is -0.146. The summed E-state index contributed by atoms with van der Waals surface area (Å²) in [6.45, 7) is 5.57. The number of halogens is 2. The van der Waals surface area contributed by atoms with Crippen LogP contribution in [0.3, 0.4) is 0 Å². The second-order valence-electron chi connectivity index (χ2n) is 7.99. The minimum atomic E-state index is -0.504. The first kappa shape index (κ1) is 23.5. The van der Waals surface area contributed by atoms with Gasteiger partial charge >= 0.3 is 5.97 Å². The molecule has 1 unspecified atom stereocenters. The third-order valence-electron chi connectivity index (χ3n) is 5.55. The van der Waals surface area contributed by atoms with Crippen molar-refractivity contribution in [3.63, 3.8) is 0 Å². The zero-order chi connectivity index (χ0) is 22.4. The van der Waals surface area contributed by atoms with Gasteiger partial charge in [0, 0.05) is 19.5 Å². The Kier molecular flexibility index (Phi) is 8.25. The van der Waals surface area contributed by atoms with Gasteiger partial charge in [-0.15, -0.1) is 9.24 Å². The van der Waals surface area contributed by atoms with E-state index in [9.17, 15) is 13.6 Å². The van der Waals surface area contributed by atoms with Crippen LogP contribution >= 0.6 is 9.24 Å². The number of nitrogens with zero attached hydrogens (tertiary/aromatic N) is 1. The first-order chi connectivity index (χ1) is 14.9. The lowest BCUT2D eigenvalue weighted by Gasteiger charge is -2.34. The number of anilines is 1. The molecule has 1 aliphatic heterocycles. The molecule has 2 aromatic rings. The summed E-state index contributed by atoms with van der Waals surface area (Å²) < 4.78 is 39.7. The zero-order valence-electron chi connectivity index (χ0n) is 18.1. The number of rotatable bonds is 8. The monoisotopic (exact) mass is 449 g/mol.